The van der Waals surface area contributed by atoms with Gasteiger partial charge in [0.25, 0.3) is 0 Å². The first-order valence-electron chi connectivity index (χ1n) is 3.95. The van der Waals surface area contributed by atoms with E-state index in [4.69, 9.17) is 4.74 Å². The first-order chi connectivity index (χ1) is 4.94. The van der Waals surface area contributed by atoms with Gasteiger partial charge >= 0.3 is 5.97 Å². The molecule has 0 aromatic rings. The Hall–Kier alpha value is -0.530. The minimum absolute atomic E-state index is 0.0751. The molecule has 0 amide bonds. The van der Waals surface area contributed by atoms with Crippen molar-refractivity contribution in [3.05, 3.63) is 6.92 Å². The minimum atomic E-state index is -0.185. The lowest BCUT2D eigenvalue weighted by molar-refractivity contribution is -0.169. The first-order valence-corrected chi connectivity index (χ1v) is 3.95. The van der Waals surface area contributed by atoms with E-state index in [2.05, 4.69) is 20.8 Å². The molecule has 0 aromatic carbocycles. The molecule has 11 heavy (non-hydrogen) atoms. The Bertz CT molecular complexity index is 172. The van der Waals surface area contributed by atoms with Crippen LogP contribution in [0.15, 0.2) is 0 Å². The Labute approximate surface area is 67.9 Å². The molecule has 0 spiro atoms. The van der Waals surface area contributed by atoms with E-state index in [0.29, 0.717) is 5.92 Å². The van der Waals surface area contributed by atoms with Gasteiger partial charge in [0.1, 0.15) is 6.10 Å². The van der Waals surface area contributed by atoms with Crippen molar-refractivity contribution in [2.75, 3.05) is 0 Å². The van der Waals surface area contributed by atoms with E-state index < -0.39 is 0 Å². The summed E-state index contributed by atoms with van der Waals surface area (Å²) in [6.45, 7) is 9.58. The minimum Gasteiger partial charge on any atom is -0.462 e. The summed E-state index contributed by atoms with van der Waals surface area (Å²) in [7, 11) is 0. The van der Waals surface area contributed by atoms with Gasteiger partial charge in [-0.15, -0.1) is 0 Å². The maximum Gasteiger partial charge on any atom is 0.302 e. The van der Waals surface area contributed by atoms with Crippen LogP contribution in [0, 0.1) is 18.3 Å². The summed E-state index contributed by atoms with van der Waals surface area (Å²) >= 11 is 0. The number of carbonyl (C=O) groups excluding carboxylic acids is 1. The van der Waals surface area contributed by atoms with Crippen LogP contribution in [0.3, 0.4) is 0 Å². The zero-order valence-corrected chi connectivity index (χ0v) is 7.39. The molecule has 1 fully saturated rings. The van der Waals surface area contributed by atoms with Crippen LogP contribution < -0.4 is 0 Å². The molecule has 2 unspecified atom stereocenters. The fourth-order valence-electron chi connectivity index (χ4n) is 1.37. The molecule has 1 aliphatic rings. The molecule has 1 rings (SSSR count). The molecular weight excluding hydrogens is 140 g/mol. The molecule has 2 nitrogen and oxygen atoms in total. The summed E-state index contributed by atoms with van der Waals surface area (Å²) in [6, 6.07) is 0. The third-order valence-corrected chi connectivity index (χ3v) is 2.69. The fraction of sp³-hybridized carbons (Fsp3) is 0.778. The van der Waals surface area contributed by atoms with Crippen molar-refractivity contribution < 1.29 is 9.53 Å². The lowest BCUT2D eigenvalue weighted by Gasteiger charge is -2.49. The molecule has 1 saturated carbocycles. The number of carbonyl (C=O) groups is 1. The summed E-state index contributed by atoms with van der Waals surface area (Å²) in [5.41, 5.74) is 0.0751. The second-order valence-electron chi connectivity index (χ2n) is 3.85. The predicted octanol–water partition coefficient (Wildman–Crippen LogP) is 1.80. The molecule has 2 atom stereocenters. The molecule has 63 valence electrons. The maximum absolute atomic E-state index is 10.6. The number of ether oxygens (including phenoxy) is 1. The van der Waals surface area contributed by atoms with Crippen molar-refractivity contribution in [3.8, 4) is 0 Å². The van der Waals surface area contributed by atoms with Crippen LogP contribution in [0.4, 0.5) is 0 Å². The highest BCUT2D eigenvalue weighted by molar-refractivity contribution is 5.66. The van der Waals surface area contributed by atoms with E-state index in [9.17, 15) is 4.79 Å². The van der Waals surface area contributed by atoms with Crippen molar-refractivity contribution in [1.82, 2.24) is 0 Å². The second kappa shape index (κ2) is 2.50. The van der Waals surface area contributed by atoms with Crippen LogP contribution in [0.25, 0.3) is 0 Å². The van der Waals surface area contributed by atoms with Gasteiger partial charge in [0.2, 0.25) is 0 Å². The molecule has 1 radical (unpaired) electrons. The third-order valence-electron chi connectivity index (χ3n) is 2.69. The van der Waals surface area contributed by atoms with Gasteiger partial charge < -0.3 is 4.74 Å². The van der Waals surface area contributed by atoms with E-state index >= 15 is 0 Å². The van der Waals surface area contributed by atoms with E-state index in [1.165, 1.54) is 6.92 Å². The van der Waals surface area contributed by atoms with Gasteiger partial charge in [-0.05, 0) is 19.3 Å². The monoisotopic (exact) mass is 155 g/mol. The van der Waals surface area contributed by atoms with Crippen molar-refractivity contribution in [1.29, 1.82) is 0 Å². The molecule has 0 aromatic heterocycles. The van der Waals surface area contributed by atoms with Crippen molar-refractivity contribution in [2.45, 2.75) is 33.3 Å². The summed E-state index contributed by atoms with van der Waals surface area (Å²) < 4.78 is 5.09. The lowest BCUT2D eigenvalue weighted by Crippen LogP contribution is -2.50. The summed E-state index contributed by atoms with van der Waals surface area (Å²) in [5.74, 6) is 0.238. The average Bonchev–Trinajstić information content (AvgIpc) is 1.87. The van der Waals surface area contributed by atoms with E-state index in [0.717, 1.165) is 6.42 Å². The van der Waals surface area contributed by atoms with Crippen LogP contribution in [0.2, 0.25) is 0 Å². The Morgan fingerprint density at radius 1 is 1.64 bits per heavy atom. The normalized spacial score (nSPS) is 34.2. The zero-order chi connectivity index (χ0) is 8.65. The van der Waals surface area contributed by atoms with Gasteiger partial charge in [-0.2, -0.15) is 0 Å². The van der Waals surface area contributed by atoms with Gasteiger partial charge in [0, 0.05) is 12.3 Å². The van der Waals surface area contributed by atoms with Gasteiger partial charge in [-0.3, -0.25) is 4.79 Å². The summed E-state index contributed by atoms with van der Waals surface area (Å²) in [5, 5.41) is 0. The maximum atomic E-state index is 10.6. The largest absolute Gasteiger partial charge is 0.462 e. The lowest BCUT2D eigenvalue weighted by atomic mass is 9.61. The average molecular weight is 155 g/mol. The fourth-order valence-corrected chi connectivity index (χ4v) is 1.37. The van der Waals surface area contributed by atoms with Gasteiger partial charge in [-0.1, -0.05) is 13.8 Å². The van der Waals surface area contributed by atoms with E-state index in [-0.39, 0.29) is 17.5 Å². The van der Waals surface area contributed by atoms with Gasteiger partial charge in [0.15, 0.2) is 0 Å². The highest BCUT2D eigenvalue weighted by Crippen LogP contribution is 2.47. The Kier molecular flexibility index (Phi) is 1.95. The third kappa shape index (κ3) is 1.39. The standard InChI is InChI=1S/C9H15O2/c1-6-5-8(9(6,3)4)11-7(2)10/h6,8H,1,5H2,2-4H3. The highest BCUT2D eigenvalue weighted by atomic mass is 16.5. The van der Waals surface area contributed by atoms with E-state index in [1.807, 2.05) is 0 Å². The molecule has 0 bridgehead atoms. The van der Waals surface area contributed by atoms with Gasteiger partial charge in [0.05, 0.1) is 0 Å². The topological polar surface area (TPSA) is 26.3 Å². The molecule has 0 aliphatic heterocycles. The zero-order valence-electron chi connectivity index (χ0n) is 7.39. The highest BCUT2D eigenvalue weighted by Gasteiger charge is 2.47. The molecule has 2 heteroatoms. The molecular formula is C9H15O2. The number of hydrogen-bond donors (Lipinski definition) is 0. The molecule has 1 aliphatic carbocycles. The van der Waals surface area contributed by atoms with Crippen molar-refractivity contribution >= 4 is 5.97 Å². The summed E-state index contributed by atoms with van der Waals surface area (Å²) in [6.07, 6.45) is 0.995. The SMILES string of the molecule is [CH2]C1CC(OC(C)=O)C1(C)C. The smallest absolute Gasteiger partial charge is 0.302 e. The van der Waals surface area contributed by atoms with Crippen LogP contribution in [-0.4, -0.2) is 12.1 Å². The van der Waals surface area contributed by atoms with Crippen LogP contribution >= 0.6 is 0 Å². The Balaban J connectivity index is 2.46. The first kappa shape index (κ1) is 8.57. The predicted molar refractivity (Wildman–Crippen MR) is 42.8 cm³/mol. The van der Waals surface area contributed by atoms with E-state index in [1.54, 1.807) is 0 Å². The number of esters is 1. The Morgan fingerprint density at radius 3 is 2.45 bits per heavy atom. The van der Waals surface area contributed by atoms with Crippen molar-refractivity contribution in [3.63, 3.8) is 0 Å². The van der Waals surface area contributed by atoms with Crippen molar-refractivity contribution in [2.24, 2.45) is 11.3 Å². The summed E-state index contributed by atoms with van der Waals surface area (Å²) in [4.78, 5) is 10.6. The van der Waals surface area contributed by atoms with Crippen LogP contribution in [0.5, 0.6) is 0 Å². The second-order valence-corrected chi connectivity index (χ2v) is 3.85. The molecule has 0 heterocycles. The van der Waals surface area contributed by atoms with Crippen LogP contribution in [-0.2, 0) is 9.53 Å². The Morgan fingerprint density at radius 2 is 2.18 bits per heavy atom. The number of hydrogen-bond acceptors (Lipinski definition) is 2. The quantitative estimate of drug-likeness (QED) is 0.540. The molecule has 0 saturated heterocycles. The number of rotatable bonds is 1. The molecule has 0 N–H and O–H groups in total. The van der Waals surface area contributed by atoms with Gasteiger partial charge in [-0.25, -0.2) is 0 Å². The van der Waals surface area contributed by atoms with Crippen LogP contribution in [0.1, 0.15) is 27.2 Å².